The van der Waals surface area contributed by atoms with E-state index in [9.17, 15) is 4.79 Å². The number of rotatable bonds is 5. The molecular formula is C19H15Cl2NO3. The maximum Gasteiger partial charge on any atom is 0.363 e. The predicted octanol–water partition coefficient (Wildman–Crippen LogP) is 5.13. The number of hydrogen-bond acceptors (Lipinski definition) is 4. The molecule has 3 rings (SSSR count). The molecule has 0 radical (unpaired) electrons. The number of hydrogen-bond donors (Lipinski definition) is 0. The molecule has 0 aliphatic carbocycles. The Hall–Kier alpha value is -2.30. The van der Waals surface area contributed by atoms with Crippen molar-refractivity contribution < 1.29 is 14.3 Å². The van der Waals surface area contributed by atoms with Crippen LogP contribution in [-0.2, 0) is 9.53 Å². The molecule has 25 heavy (non-hydrogen) atoms. The molecular weight excluding hydrogens is 361 g/mol. The van der Waals surface area contributed by atoms with Crippen LogP contribution in [0.4, 0.5) is 0 Å². The lowest BCUT2D eigenvalue weighted by Crippen LogP contribution is -2.06. The Labute approximate surface area is 155 Å². The minimum atomic E-state index is -0.536. The van der Waals surface area contributed by atoms with Crippen molar-refractivity contribution in [2.24, 2.45) is 4.99 Å². The van der Waals surface area contributed by atoms with Crippen LogP contribution in [0.3, 0.4) is 0 Å². The van der Waals surface area contributed by atoms with E-state index in [1.165, 1.54) is 0 Å². The molecule has 0 N–H and O–H groups in total. The van der Waals surface area contributed by atoms with Gasteiger partial charge in [-0.25, -0.2) is 9.79 Å². The molecule has 6 heteroatoms. The number of aliphatic imine (C=N–C) groups is 1. The van der Waals surface area contributed by atoms with Crippen LogP contribution in [0.15, 0.2) is 53.2 Å². The first-order valence-corrected chi connectivity index (χ1v) is 8.54. The minimum absolute atomic E-state index is 0.157. The Morgan fingerprint density at radius 1 is 1.20 bits per heavy atom. The summed E-state index contributed by atoms with van der Waals surface area (Å²) in [7, 11) is 0. The second-order valence-electron chi connectivity index (χ2n) is 5.35. The zero-order valence-corrected chi connectivity index (χ0v) is 15.0. The summed E-state index contributed by atoms with van der Waals surface area (Å²) < 4.78 is 10.9. The summed E-state index contributed by atoms with van der Waals surface area (Å²) in [6.07, 6.45) is 2.54. The predicted molar refractivity (Wildman–Crippen MR) is 99.3 cm³/mol. The summed E-state index contributed by atoms with van der Waals surface area (Å²) in [6.45, 7) is 2.63. The monoisotopic (exact) mass is 375 g/mol. The lowest BCUT2D eigenvalue weighted by molar-refractivity contribution is -0.129. The molecule has 128 valence electrons. The van der Waals surface area contributed by atoms with E-state index in [-0.39, 0.29) is 11.6 Å². The third kappa shape index (κ3) is 4.03. The Morgan fingerprint density at radius 2 is 2.00 bits per heavy atom. The molecule has 1 aliphatic rings. The molecule has 2 aromatic rings. The highest BCUT2D eigenvalue weighted by molar-refractivity contribution is 6.37. The number of ether oxygens (including phenoxy) is 2. The molecule has 4 nitrogen and oxygen atoms in total. The second kappa shape index (κ2) is 7.72. The highest BCUT2D eigenvalue weighted by atomic mass is 35.5. The van der Waals surface area contributed by atoms with E-state index >= 15 is 0 Å². The maximum atomic E-state index is 12.2. The van der Waals surface area contributed by atoms with E-state index in [2.05, 4.69) is 4.99 Å². The van der Waals surface area contributed by atoms with Gasteiger partial charge in [0.15, 0.2) is 5.70 Å². The number of esters is 1. The quantitative estimate of drug-likeness (QED) is 0.537. The first kappa shape index (κ1) is 17.5. The van der Waals surface area contributed by atoms with Gasteiger partial charge in [0.1, 0.15) is 5.75 Å². The van der Waals surface area contributed by atoms with E-state index in [0.717, 1.165) is 12.0 Å². The largest absolute Gasteiger partial charge is 0.493 e. The van der Waals surface area contributed by atoms with Gasteiger partial charge in [-0.15, -0.1) is 0 Å². The van der Waals surface area contributed by atoms with Gasteiger partial charge in [0.25, 0.3) is 0 Å². The van der Waals surface area contributed by atoms with Gasteiger partial charge in [0.2, 0.25) is 5.90 Å². The average Bonchev–Trinajstić information content (AvgIpc) is 2.94. The zero-order valence-electron chi connectivity index (χ0n) is 13.5. The van der Waals surface area contributed by atoms with Gasteiger partial charge in [-0.2, -0.15) is 0 Å². The van der Waals surface area contributed by atoms with Crippen molar-refractivity contribution in [3.8, 4) is 5.75 Å². The standard InChI is InChI=1S/C19H15Cl2NO3/c1-2-9-24-17-6-4-3-5-12(17)10-16-19(23)25-18(22-16)14-8-7-13(20)11-15(14)21/h3-8,10-11H,2,9H2,1H3/b16-10-. The third-order valence-corrected chi connectivity index (χ3v) is 4.00. The molecule has 0 aromatic heterocycles. The van der Waals surface area contributed by atoms with Gasteiger partial charge in [0.05, 0.1) is 17.2 Å². The van der Waals surface area contributed by atoms with Gasteiger partial charge >= 0.3 is 5.97 Å². The van der Waals surface area contributed by atoms with Gasteiger partial charge in [0, 0.05) is 10.6 Å². The molecule has 0 amide bonds. The Kier molecular flexibility index (Phi) is 5.41. The number of nitrogens with zero attached hydrogens (tertiary/aromatic N) is 1. The number of benzene rings is 2. The summed E-state index contributed by atoms with van der Waals surface area (Å²) in [5.41, 5.74) is 1.46. The third-order valence-electron chi connectivity index (χ3n) is 3.45. The Bertz CT molecular complexity index is 875. The van der Waals surface area contributed by atoms with Gasteiger partial charge in [-0.05, 0) is 36.8 Å². The van der Waals surface area contributed by atoms with Crippen molar-refractivity contribution in [2.45, 2.75) is 13.3 Å². The molecule has 0 saturated carbocycles. The van der Waals surface area contributed by atoms with Crippen LogP contribution in [-0.4, -0.2) is 18.5 Å². The molecule has 1 heterocycles. The van der Waals surface area contributed by atoms with Crippen molar-refractivity contribution in [2.75, 3.05) is 6.61 Å². The second-order valence-corrected chi connectivity index (χ2v) is 6.19. The molecule has 0 atom stereocenters. The van der Waals surface area contributed by atoms with Crippen LogP contribution in [0.1, 0.15) is 24.5 Å². The normalized spacial score (nSPS) is 15.2. The average molecular weight is 376 g/mol. The van der Waals surface area contributed by atoms with Crippen LogP contribution in [0.5, 0.6) is 5.75 Å². The number of carbonyl (C=O) groups excluding carboxylic acids is 1. The number of carbonyl (C=O) groups is 1. The summed E-state index contributed by atoms with van der Waals surface area (Å²) in [4.78, 5) is 16.4. The summed E-state index contributed by atoms with van der Waals surface area (Å²) >= 11 is 12.0. The first-order valence-electron chi connectivity index (χ1n) is 7.78. The number of para-hydroxylation sites is 1. The van der Waals surface area contributed by atoms with Crippen molar-refractivity contribution in [3.05, 3.63) is 69.3 Å². The lowest BCUT2D eigenvalue weighted by Gasteiger charge is -2.07. The molecule has 1 aliphatic heterocycles. The van der Waals surface area contributed by atoms with Crippen molar-refractivity contribution in [1.29, 1.82) is 0 Å². The number of cyclic esters (lactones) is 1. The van der Waals surface area contributed by atoms with Gasteiger partial charge in [-0.3, -0.25) is 0 Å². The maximum absolute atomic E-state index is 12.2. The van der Waals surface area contributed by atoms with E-state index in [1.807, 2.05) is 31.2 Å². The fraction of sp³-hybridized carbons (Fsp3) is 0.158. The molecule has 0 fully saturated rings. The van der Waals surface area contributed by atoms with E-state index in [0.29, 0.717) is 28.0 Å². The van der Waals surface area contributed by atoms with Crippen LogP contribution >= 0.6 is 23.2 Å². The van der Waals surface area contributed by atoms with Crippen LogP contribution in [0, 0.1) is 0 Å². The smallest absolute Gasteiger partial charge is 0.363 e. The van der Waals surface area contributed by atoms with E-state index in [1.54, 1.807) is 24.3 Å². The van der Waals surface area contributed by atoms with E-state index < -0.39 is 5.97 Å². The summed E-state index contributed by atoms with van der Waals surface area (Å²) in [5.74, 6) is 0.314. The summed E-state index contributed by atoms with van der Waals surface area (Å²) in [6, 6.07) is 12.3. The zero-order chi connectivity index (χ0) is 17.8. The van der Waals surface area contributed by atoms with Crippen molar-refractivity contribution in [3.63, 3.8) is 0 Å². The van der Waals surface area contributed by atoms with Crippen molar-refractivity contribution >= 4 is 41.1 Å². The van der Waals surface area contributed by atoms with Crippen LogP contribution < -0.4 is 4.74 Å². The fourth-order valence-corrected chi connectivity index (χ4v) is 2.77. The van der Waals surface area contributed by atoms with Gasteiger partial charge < -0.3 is 9.47 Å². The van der Waals surface area contributed by atoms with E-state index in [4.69, 9.17) is 32.7 Å². The number of halogens is 2. The van der Waals surface area contributed by atoms with Crippen LogP contribution in [0.25, 0.3) is 6.08 Å². The highest BCUT2D eigenvalue weighted by Crippen LogP contribution is 2.28. The minimum Gasteiger partial charge on any atom is -0.493 e. The van der Waals surface area contributed by atoms with Gasteiger partial charge in [-0.1, -0.05) is 48.3 Å². The molecule has 0 spiro atoms. The molecule has 0 unspecified atom stereocenters. The molecule has 2 aromatic carbocycles. The fourth-order valence-electron chi connectivity index (χ4n) is 2.28. The molecule has 0 saturated heterocycles. The highest BCUT2D eigenvalue weighted by Gasteiger charge is 2.26. The Morgan fingerprint density at radius 3 is 2.76 bits per heavy atom. The Balaban J connectivity index is 1.94. The van der Waals surface area contributed by atoms with Crippen molar-refractivity contribution in [1.82, 2.24) is 0 Å². The summed E-state index contributed by atoms with van der Waals surface area (Å²) in [5, 5.41) is 0.864. The SMILES string of the molecule is CCCOc1ccccc1/C=C1\N=C(c2ccc(Cl)cc2Cl)OC1=O. The van der Waals surface area contributed by atoms with Crippen LogP contribution in [0.2, 0.25) is 10.0 Å². The molecule has 0 bridgehead atoms. The topological polar surface area (TPSA) is 47.9 Å². The lowest BCUT2D eigenvalue weighted by atomic mass is 10.1. The first-order chi connectivity index (χ1) is 12.1.